The second-order valence-corrected chi connectivity index (χ2v) is 7.08. The Balaban J connectivity index is 4.47. The van der Waals surface area contributed by atoms with Crippen molar-refractivity contribution in [2.45, 2.75) is 43.8 Å². The molecule has 0 rings (SSSR count). The maximum absolute atomic E-state index is 12.1. The van der Waals surface area contributed by atoms with Gasteiger partial charge in [-0.15, -0.1) is 0 Å². The molecule has 28 heavy (non-hydrogen) atoms. The third-order valence-electron chi connectivity index (χ3n) is 3.79. The number of amides is 3. The first kappa shape index (κ1) is 26.1. The molecule has 0 saturated carbocycles. The van der Waals surface area contributed by atoms with Crippen LogP contribution in [-0.2, 0) is 19.2 Å². The number of rotatable bonds is 15. The van der Waals surface area contributed by atoms with E-state index in [1.807, 2.05) is 0 Å². The van der Waals surface area contributed by atoms with Gasteiger partial charge in [0.25, 0.3) is 0 Å². The molecule has 0 heterocycles. The molecule has 3 amide bonds. The Kier molecular flexibility index (Phi) is 14.1. The van der Waals surface area contributed by atoms with Crippen LogP contribution in [-0.4, -0.2) is 83.7 Å². The minimum Gasteiger partial charge on any atom is -0.480 e. The number of aliphatic hydroxyl groups is 1. The summed E-state index contributed by atoms with van der Waals surface area (Å²) in [7, 11) is 0. The van der Waals surface area contributed by atoms with Crippen LogP contribution < -0.4 is 27.4 Å². The average Bonchev–Trinajstić information content (AvgIpc) is 2.66. The zero-order valence-electron chi connectivity index (χ0n) is 16.0. The molecular formula is C16H31N5O6S. The van der Waals surface area contributed by atoms with Crippen molar-refractivity contribution >= 4 is 35.5 Å². The smallest absolute Gasteiger partial charge is 0.326 e. The summed E-state index contributed by atoms with van der Waals surface area (Å²) in [6, 6.07) is -3.24. The summed E-state index contributed by atoms with van der Waals surface area (Å²) in [5, 5.41) is 25.3. The number of carbonyl (C=O) groups excluding carboxylic acids is 3. The van der Waals surface area contributed by atoms with Crippen LogP contribution >= 0.6 is 11.8 Å². The fraction of sp³-hybridized carbons (Fsp3) is 0.750. The summed E-state index contributed by atoms with van der Waals surface area (Å²) in [6.07, 6.45) is 3.86. The molecule has 162 valence electrons. The minimum absolute atomic E-state index is 0.201. The van der Waals surface area contributed by atoms with Crippen molar-refractivity contribution < 1.29 is 29.4 Å². The van der Waals surface area contributed by atoms with E-state index in [4.69, 9.17) is 16.6 Å². The van der Waals surface area contributed by atoms with Crippen LogP contribution in [0.1, 0.15) is 25.7 Å². The van der Waals surface area contributed by atoms with Crippen LogP contribution in [0.3, 0.4) is 0 Å². The highest BCUT2D eigenvalue weighted by Crippen LogP contribution is 2.02. The number of thioether (sulfide) groups is 1. The average molecular weight is 422 g/mol. The van der Waals surface area contributed by atoms with Crippen LogP contribution in [0.4, 0.5) is 0 Å². The summed E-state index contributed by atoms with van der Waals surface area (Å²) in [4.78, 5) is 47.0. The molecule has 0 aliphatic carbocycles. The lowest BCUT2D eigenvalue weighted by atomic mass is 10.1. The van der Waals surface area contributed by atoms with Gasteiger partial charge in [-0.05, 0) is 37.8 Å². The van der Waals surface area contributed by atoms with Gasteiger partial charge in [0, 0.05) is 0 Å². The van der Waals surface area contributed by atoms with Gasteiger partial charge < -0.3 is 37.6 Å². The molecule has 11 nitrogen and oxygen atoms in total. The van der Waals surface area contributed by atoms with Crippen molar-refractivity contribution in [1.29, 1.82) is 0 Å². The molecule has 9 N–H and O–H groups in total. The third-order valence-corrected chi connectivity index (χ3v) is 4.43. The highest BCUT2D eigenvalue weighted by molar-refractivity contribution is 7.98. The van der Waals surface area contributed by atoms with Crippen molar-refractivity contribution in [2.24, 2.45) is 11.5 Å². The number of nitrogens with one attached hydrogen (secondary N) is 3. The molecular weight excluding hydrogens is 390 g/mol. The largest absolute Gasteiger partial charge is 0.480 e. The molecule has 3 atom stereocenters. The Morgan fingerprint density at radius 2 is 1.71 bits per heavy atom. The van der Waals surface area contributed by atoms with Crippen LogP contribution in [0.15, 0.2) is 0 Å². The Hall–Kier alpha value is -1.89. The van der Waals surface area contributed by atoms with Crippen LogP contribution in [0, 0.1) is 0 Å². The van der Waals surface area contributed by atoms with Gasteiger partial charge in [0.15, 0.2) is 0 Å². The van der Waals surface area contributed by atoms with Crippen molar-refractivity contribution in [3.05, 3.63) is 0 Å². The number of hydrogen-bond acceptors (Lipinski definition) is 8. The van der Waals surface area contributed by atoms with E-state index in [0.717, 1.165) is 6.42 Å². The standard InChI is InChI=1S/C16H31N5O6S/c1-28-7-5-11(16(26)27)21-15(25)12(9-22)20-13(23)8-19-14(24)10(18)4-2-3-6-17/h10-12,22H,2-9,17-18H2,1H3,(H,19,24)(H,20,23)(H,21,25)(H,26,27). The topological polar surface area (TPSA) is 197 Å². The van der Waals surface area contributed by atoms with Gasteiger partial charge >= 0.3 is 5.97 Å². The molecule has 0 aliphatic rings. The quantitative estimate of drug-likeness (QED) is 0.138. The Bertz CT molecular complexity index is 522. The molecule has 0 aliphatic heterocycles. The monoisotopic (exact) mass is 421 g/mol. The van der Waals surface area contributed by atoms with Crippen LogP contribution in [0.5, 0.6) is 0 Å². The third kappa shape index (κ3) is 11.1. The van der Waals surface area contributed by atoms with E-state index >= 15 is 0 Å². The van der Waals surface area contributed by atoms with Gasteiger partial charge in [-0.1, -0.05) is 6.42 Å². The molecule has 0 bridgehead atoms. The highest BCUT2D eigenvalue weighted by Gasteiger charge is 2.26. The lowest BCUT2D eigenvalue weighted by Crippen LogP contribution is -2.55. The van der Waals surface area contributed by atoms with E-state index < -0.39 is 55.0 Å². The van der Waals surface area contributed by atoms with E-state index in [-0.39, 0.29) is 6.42 Å². The van der Waals surface area contributed by atoms with Crippen molar-refractivity contribution in [1.82, 2.24) is 16.0 Å². The zero-order valence-corrected chi connectivity index (χ0v) is 16.8. The Morgan fingerprint density at radius 3 is 2.25 bits per heavy atom. The van der Waals surface area contributed by atoms with Gasteiger partial charge in [-0.2, -0.15) is 11.8 Å². The fourth-order valence-corrected chi connectivity index (χ4v) is 2.61. The molecule has 12 heteroatoms. The van der Waals surface area contributed by atoms with E-state index in [2.05, 4.69) is 16.0 Å². The zero-order chi connectivity index (χ0) is 21.5. The van der Waals surface area contributed by atoms with Crippen molar-refractivity contribution in [3.8, 4) is 0 Å². The predicted octanol–water partition coefficient (Wildman–Crippen LogP) is -2.64. The number of aliphatic hydroxyl groups excluding tert-OH is 1. The Labute approximate surface area is 168 Å². The first-order chi connectivity index (χ1) is 13.3. The number of carboxylic acids is 1. The maximum atomic E-state index is 12.1. The van der Waals surface area contributed by atoms with Crippen LogP contribution in [0.25, 0.3) is 0 Å². The van der Waals surface area contributed by atoms with Gasteiger partial charge in [0.05, 0.1) is 19.2 Å². The maximum Gasteiger partial charge on any atom is 0.326 e. The number of carbonyl (C=O) groups is 4. The minimum atomic E-state index is -1.33. The molecule has 0 radical (unpaired) electrons. The highest BCUT2D eigenvalue weighted by atomic mass is 32.2. The second kappa shape index (κ2) is 15.1. The van der Waals surface area contributed by atoms with Gasteiger partial charge in [-0.25, -0.2) is 4.79 Å². The lowest BCUT2D eigenvalue weighted by Gasteiger charge is -2.20. The number of aliphatic carboxylic acids is 1. The molecule has 0 fully saturated rings. The summed E-state index contributed by atoms with van der Waals surface area (Å²) in [5.41, 5.74) is 11.1. The number of hydrogen-bond donors (Lipinski definition) is 7. The van der Waals surface area contributed by atoms with E-state index in [9.17, 15) is 24.3 Å². The van der Waals surface area contributed by atoms with E-state index in [0.29, 0.717) is 25.1 Å². The molecule has 0 aromatic rings. The summed E-state index contributed by atoms with van der Waals surface area (Å²) in [5.74, 6) is -2.74. The lowest BCUT2D eigenvalue weighted by molar-refractivity contribution is -0.142. The molecule has 0 saturated heterocycles. The first-order valence-electron chi connectivity index (χ1n) is 8.92. The molecule has 3 unspecified atom stereocenters. The second-order valence-electron chi connectivity index (χ2n) is 6.09. The van der Waals surface area contributed by atoms with Crippen LogP contribution in [0.2, 0.25) is 0 Å². The number of carboxylic acid groups (broad SMARTS) is 1. The van der Waals surface area contributed by atoms with Gasteiger partial charge in [0.1, 0.15) is 12.1 Å². The van der Waals surface area contributed by atoms with E-state index in [1.54, 1.807) is 6.26 Å². The summed E-state index contributed by atoms with van der Waals surface area (Å²) >= 11 is 1.43. The van der Waals surface area contributed by atoms with Gasteiger partial charge in [0.2, 0.25) is 17.7 Å². The molecule has 0 aromatic carbocycles. The Morgan fingerprint density at radius 1 is 1.04 bits per heavy atom. The number of unbranched alkanes of at least 4 members (excludes halogenated alkanes) is 1. The van der Waals surface area contributed by atoms with Crippen molar-refractivity contribution in [2.75, 3.05) is 31.7 Å². The fourth-order valence-electron chi connectivity index (χ4n) is 2.14. The normalized spacial score (nSPS) is 13.9. The van der Waals surface area contributed by atoms with E-state index in [1.165, 1.54) is 11.8 Å². The molecule has 0 spiro atoms. The van der Waals surface area contributed by atoms with Crippen molar-refractivity contribution in [3.63, 3.8) is 0 Å². The summed E-state index contributed by atoms with van der Waals surface area (Å²) in [6.45, 7) is -0.650. The first-order valence-corrected chi connectivity index (χ1v) is 10.3. The van der Waals surface area contributed by atoms with Gasteiger partial charge in [-0.3, -0.25) is 14.4 Å². The number of nitrogens with two attached hydrogens (primary N) is 2. The SMILES string of the molecule is CSCCC(NC(=O)C(CO)NC(=O)CNC(=O)C(N)CCCCN)C(=O)O. The summed E-state index contributed by atoms with van der Waals surface area (Å²) < 4.78 is 0. The predicted molar refractivity (Wildman–Crippen MR) is 105 cm³/mol. The molecule has 0 aromatic heterocycles.